The molecule has 0 fully saturated rings. The lowest BCUT2D eigenvalue weighted by atomic mass is 10.1. The topological polar surface area (TPSA) is 32.9 Å². The third kappa shape index (κ3) is 1.44. The predicted molar refractivity (Wildman–Crippen MR) is 51.6 cm³/mol. The number of carbonyl (C=O) groups excluding carboxylic acids is 1. The molecule has 0 amide bonds. The van der Waals surface area contributed by atoms with Crippen LogP contribution in [0.15, 0.2) is 36.4 Å². The number of hydrogen-bond acceptors (Lipinski definition) is 1. The summed E-state index contributed by atoms with van der Waals surface area (Å²) in [6, 6.07) is -1.02. The molecule has 2 aromatic rings. The summed E-state index contributed by atoms with van der Waals surface area (Å²) < 4.78 is 43.7. The number of rotatable bonds is 2. The lowest BCUT2D eigenvalue weighted by Gasteiger charge is -1.98. The van der Waals surface area contributed by atoms with E-state index in [0.717, 1.165) is 0 Å². The maximum Gasteiger partial charge on any atom is 0.151 e. The fourth-order valence-corrected chi connectivity index (χ4v) is 1.11. The highest BCUT2D eigenvalue weighted by Gasteiger charge is 2.05. The van der Waals surface area contributed by atoms with E-state index in [-0.39, 0.29) is 16.8 Å². The van der Waals surface area contributed by atoms with E-state index in [1.165, 1.54) is 12.3 Å². The Kier molecular flexibility index (Phi) is 1.26. The van der Waals surface area contributed by atoms with Gasteiger partial charge in [0, 0.05) is 23.0 Å². The Hall–Kier alpha value is -1.90. The zero-order valence-electron chi connectivity index (χ0n) is 11.0. The number of nitrogens with one attached hydrogen (secondary N) is 1. The monoisotopic (exact) mass is 193 g/mol. The minimum Gasteiger partial charge on any atom is -0.360 e. The molecule has 1 N–H and O–H groups in total. The maximum absolute atomic E-state index is 13.9. The summed E-state index contributed by atoms with van der Waals surface area (Å²) >= 11 is 0. The Morgan fingerprint density at radius 1 is 1.43 bits per heavy atom. The zero-order valence-corrected chi connectivity index (χ0v) is 7.02. The number of aromatic nitrogens is 1. The van der Waals surface area contributed by atoms with Crippen molar-refractivity contribution in [2.75, 3.05) is 0 Å². The van der Waals surface area contributed by atoms with Crippen molar-refractivity contribution in [3.8, 4) is 11.3 Å². The molecule has 0 saturated heterocycles. The van der Waals surface area contributed by atoms with E-state index in [2.05, 4.69) is 4.98 Å². The van der Waals surface area contributed by atoms with Gasteiger partial charge in [0.1, 0.15) is 5.82 Å². The first-order valence-corrected chi connectivity index (χ1v) is 3.87. The first kappa shape index (κ1) is 5.10. The molecule has 0 unspecified atom stereocenters. The van der Waals surface area contributed by atoms with Gasteiger partial charge in [0.25, 0.3) is 0 Å². The van der Waals surface area contributed by atoms with Gasteiger partial charge >= 0.3 is 0 Å². The van der Waals surface area contributed by atoms with Gasteiger partial charge in [-0.2, -0.15) is 0 Å². The average molecular weight is 193 g/mol. The van der Waals surface area contributed by atoms with Crippen LogP contribution in [0.3, 0.4) is 0 Å². The van der Waals surface area contributed by atoms with E-state index in [9.17, 15) is 9.18 Å². The van der Waals surface area contributed by atoms with Gasteiger partial charge in [-0.3, -0.25) is 4.79 Å². The van der Waals surface area contributed by atoms with Crippen LogP contribution >= 0.6 is 0 Å². The first-order chi connectivity index (χ1) is 8.47. The molecule has 1 heterocycles. The van der Waals surface area contributed by atoms with Crippen LogP contribution in [0.25, 0.3) is 11.3 Å². The molecule has 0 radical (unpaired) electrons. The smallest absolute Gasteiger partial charge is 0.151 e. The van der Waals surface area contributed by atoms with Crippen molar-refractivity contribution in [2.45, 2.75) is 0 Å². The Balaban J connectivity index is 2.75. The highest BCUT2D eigenvalue weighted by molar-refractivity contribution is 5.78. The van der Waals surface area contributed by atoms with Crippen molar-refractivity contribution in [3.05, 3.63) is 47.8 Å². The van der Waals surface area contributed by atoms with Crippen LogP contribution in [0.5, 0.6) is 0 Å². The summed E-state index contributed by atoms with van der Waals surface area (Å²) in [5.41, 5.74) is 0.146. The lowest BCUT2D eigenvalue weighted by molar-refractivity contribution is 0.112. The second-order valence-corrected chi connectivity index (χ2v) is 2.65. The maximum atomic E-state index is 13.9. The third-order valence-corrected chi connectivity index (χ3v) is 1.75. The zero-order chi connectivity index (χ0) is 13.4. The van der Waals surface area contributed by atoms with E-state index in [1.54, 1.807) is 0 Å². The largest absolute Gasteiger partial charge is 0.360 e. The van der Waals surface area contributed by atoms with Gasteiger partial charge in [-0.05, 0) is 18.2 Å². The van der Waals surface area contributed by atoms with Crippen molar-refractivity contribution in [1.29, 1.82) is 0 Å². The fourth-order valence-electron chi connectivity index (χ4n) is 1.11. The van der Waals surface area contributed by atoms with Crippen LogP contribution in [-0.4, -0.2) is 11.3 Å². The summed E-state index contributed by atoms with van der Waals surface area (Å²) in [4.78, 5) is 13.2. The van der Waals surface area contributed by atoms with Crippen LogP contribution in [-0.2, 0) is 0 Å². The molecular weight excluding hydrogens is 181 g/mol. The van der Waals surface area contributed by atoms with Crippen LogP contribution in [0.2, 0.25) is 0 Å². The molecule has 0 spiro atoms. The van der Waals surface area contributed by atoms with Crippen molar-refractivity contribution in [1.82, 2.24) is 4.98 Å². The molecule has 2 rings (SSSR count). The third-order valence-electron chi connectivity index (χ3n) is 1.75. The normalized spacial score (nSPS) is 14.1. The van der Waals surface area contributed by atoms with E-state index in [0.29, 0.717) is 6.29 Å². The van der Waals surface area contributed by atoms with Crippen molar-refractivity contribution >= 4 is 6.29 Å². The number of benzene rings is 1. The molecule has 70 valence electrons. The second-order valence-electron chi connectivity index (χ2n) is 2.65. The quantitative estimate of drug-likeness (QED) is 0.730. The van der Waals surface area contributed by atoms with Gasteiger partial charge < -0.3 is 4.98 Å². The Morgan fingerprint density at radius 2 is 2.21 bits per heavy atom. The van der Waals surface area contributed by atoms with Gasteiger partial charge in [-0.25, -0.2) is 4.39 Å². The van der Waals surface area contributed by atoms with Gasteiger partial charge in [0.2, 0.25) is 0 Å². The highest BCUT2D eigenvalue weighted by Crippen LogP contribution is 2.21. The van der Waals surface area contributed by atoms with E-state index in [4.69, 9.17) is 5.48 Å². The van der Waals surface area contributed by atoms with Gasteiger partial charge in [-0.15, -0.1) is 0 Å². The average Bonchev–Trinajstić information content (AvgIpc) is 2.83. The molecule has 0 atom stereocenters. The second kappa shape index (κ2) is 3.46. The van der Waals surface area contributed by atoms with Crippen molar-refractivity contribution in [3.63, 3.8) is 0 Å². The molecule has 3 heteroatoms. The van der Waals surface area contributed by atoms with Crippen molar-refractivity contribution in [2.24, 2.45) is 0 Å². The SMILES string of the molecule is [2H]c1c([2H])c([2H])c(-c2cc(C=O)c[nH]2)c(F)c1[2H]. The first-order valence-electron chi connectivity index (χ1n) is 5.87. The number of carbonyl (C=O) groups is 1. The minimum absolute atomic E-state index is 0.140. The predicted octanol–water partition coefficient (Wildman–Crippen LogP) is 2.63. The number of hydrogen-bond donors (Lipinski definition) is 1. The van der Waals surface area contributed by atoms with Crippen LogP contribution in [0.1, 0.15) is 15.8 Å². The van der Waals surface area contributed by atoms with Gasteiger partial charge in [0.05, 0.1) is 5.48 Å². The highest BCUT2D eigenvalue weighted by atomic mass is 19.1. The summed E-state index contributed by atoms with van der Waals surface area (Å²) in [6.07, 6.45) is 1.90. The number of aromatic amines is 1. The Bertz CT molecular complexity index is 609. The lowest BCUT2D eigenvalue weighted by Crippen LogP contribution is -1.82. The van der Waals surface area contributed by atoms with Crippen LogP contribution in [0.4, 0.5) is 4.39 Å². The molecule has 14 heavy (non-hydrogen) atoms. The minimum atomic E-state index is -1.04. The van der Waals surface area contributed by atoms with Gasteiger partial charge in [0.15, 0.2) is 6.29 Å². The molecular formula is C11H8FNO. The molecule has 1 aromatic heterocycles. The van der Waals surface area contributed by atoms with Crippen LogP contribution < -0.4 is 0 Å². The Labute approximate surface area is 86.0 Å². The standard InChI is InChI=1S/C11H8FNO/c12-10-4-2-1-3-9(10)11-5-8(7-14)6-13-11/h1-7,13H/i1D,2D,3D,4D. The summed E-state index contributed by atoms with van der Waals surface area (Å²) in [5, 5.41) is 0. The Morgan fingerprint density at radius 3 is 2.93 bits per heavy atom. The summed E-state index contributed by atoms with van der Waals surface area (Å²) in [6.45, 7) is 0. The molecule has 0 bridgehead atoms. The number of halogens is 1. The van der Waals surface area contributed by atoms with Crippen molar-refractivity contribution < 1.29 is 14.7 Å². The van der Waals surface area contributed by atoms with E-state index >= 15 is 0 Å². The number of H-pyrrole nitrogens is 1. The molecule has 1 aromatic carbocycles. The van der Waals surface area contributed by atoms with Gasteiger partial charge in [-0.1, -0.05) is 12.1 Å². The molecule has 0 aliphatic rings. The summed E-state index contributed by atoms with van der Waals surface area (Å²) in [5.74, 6) is -1.04. The van der Waals surface area contributed by atoms with E-state index < -0.39 is 30.0 Å². The number of aldehydes is 1. The molecule has 0 aliphatic heterocycles. The summed E-state index contributed by atoms with van der Waals surface area (Å²) in [7, 11) is 0. The van der Waals surface area contributed by atoms with E-state index in [1.807, 2.05) is 0 Å². The molecule has 2 nitrogen and oxygen atoms in total. The molecule has 0 aliphatic carbocycles. The molecule has 0 saturated carbocycles. The fraction of sp³-hybridized carbons (Fsp3) is 0. The van der Waals surface area contributed by atoms with Crippen LogP contribution in [0, 0.1) is 5.82 Å².